The van der Waals surface area contributed by atoms with Crippen molar-refractivity contribution in [2.45, 2.75) is 44.9 Å². The van der Waals surface area contributed by atoms with Gasteiger partial charge in [-0.15, -0.1) is 0 Å². The van der Waals surface area contributed by atoms with Crippen molar-refractivity contribution < 1.29 is 4.74 Å². The van der Waals surface area contributed by atoms with E-state index in [-0.39, 0.29) is 6.10 Å². The Balaban J connectivity index is 1.93. The quantitative estimate of drug-likeness (QED) is 0.800. The van der Waals surface area contributed by atoms with Gasteiger partial charge in [0, 0.05) is 12.1 Å². The highest BCUT2D eigenvalue weighted by Gasteiger charge is 2.25. The van der Waals surface area contributed by atoms with Crippen LogP contribution in [0, 0.1) is 0 Å². The Labute approximate surface area is 95.4 Å². The van der Waals surface area contributed by atoms with Gasteiger partial charge in [0.15, 0.2) is 0 Å². The average Bonchev–Trinajstić information content (AvgIpc) is 2.15. The van der Waals surface area contributed by atoms with Crippen LogP contribution in [0.3, 0.4) is 0 Å². The number of rotatable bonds is 4. The molecule has 5 nitrogen and oxygen atoms in total. The smallest absolute Gasteiger partial charge is 0.234 e. The number of nitrogens with two attached hydrogens (primary N) is 1. The van der Waals surface area contributed by atoms with Crippen LogP contribution in [-0.2, 0) is 0 Å². The molecule has 1 fully saturated rings. The van der Waals surface area contributed by atoms with E-state index in [0.29, 0.717) is 18.0 Å². The number of hydrogen-bond acceptors (Lipinski definition) is 5. The van der Waals surface area contributed by atoms with Gasteiger partial charge in [0.05, 0.1) is 18.5 Å². The molecule has 0 spiro atoms. The van der Waals surface area contributed by atoms with Gasteiger partial charge in [-0.3, -0.25) is 4.98 Å². The fourth-order valence-corrected chi connectivity index (χ4v) is 1.70. The molecule has 0 radical (unpaired) electrons. The molecule has 1 saturated carbocycles. The molecular formula is C11H18N4O. The molecule has 0 saturated heterocycles. The lowest BCUT2D eigenvalue weighted by molar-refractivity contribution is 0.232. The van der Waals surface area contributed by atoms with Crippen LogP contribution >= 0.6 is 0 Å². The van der Waals surface area contributed by atoms with Gasteiger partial charge in [-0.2, -0.15) is 4.98 Å². The highest BCUT2D eigenvalue weighted by Crippen LogP contribution is 2.22. The molecule has 16 heavy (non-hydrogen) atoms. The molecule has 0 bridgehead atoms. The summed E-state index contributed by atoms with van der Waals surface area (Å²) in [6, 6.07) is 0.763. The molecule has 5 heteroatoms. The van der Waals surface area contributed by atoms with Gasteiger partial charge in [-0.25, -0.2) is 0 Å². The Kier molecular flexibility index (Phi) is 3.24. The van der Waals surface area contributed by atoms with Gasteiger partial charge in [-0.1, -0.05) is 0 Å². The molecule has 1 heterocycles. The van der Waals surface area contributed by atoms with E-state index in [9.17, 15) is 0 Å². The molecule has 1 aliphatic rings. The van der Waals surface area contributed by atoms with Crippen LogP contribution in [0.4, 0.5) is 5.82 Å². The van der Waals surface area contributed by atoms with Gasteiger partial charge in [-0.05, 0) is 26.7 Å². The molecule has 88 valence electrons. The minimum absolute atomic E-state index is 0.113. The third-order valence-corrected chi connectivity index (χ3v) is 2.50. The van der Waals surface area contributed by atoms with Gasteiger partial charge < -0.3 is 15.8 Å². The van der Waals surface area contributed by atoms with Crippen molar-refractivity contribution in [3.8, 4) is 5.88 Å². The summed E-state index contributed by atoms with van der Waals surface area (Å²) < 4.78 is 5.47. The van der Waals surface area contributed by atoms with Crippen molar-refractivity contribution in [3.05, 3.63) is 12.4 Å². The molecule has 0 atom stereocenters. The summed E-state index contributed by atoms with van der Waals surface area (Å²) in [6.45, 7) is 3.93. The molecule has 0 unspecified atom stereocenters. The molecular weight excluding hydrogens is 204 g/mol. The lowest BCUT2D eigenvalue weighted by atomic mass is 9.88. The fraction of sp³-hybridized carbons (Fsp3) is 0.636. The number of anilines is 1. The summed E-state index contributed by atoms with van der Waals surface area (Å²) >= 11 is 0. The minimum Gasteiger partial charge on any atom is -0.474 e. The maximum absolute atomic E-state index is 5.72. The molecule has 0 aromatic carbocycles. The van der Waals surface area contributed by atoms with E-state index in [4.69, 9.17) is 10.5 Å². The molecule has 2 rings (SSSR count). The van der Waals surface area contributed by atoms with Gasteiger partial charge in [0.25, 0.3) is 0 Å². The summed E-state index contributed by atoms with van der Waals surface area (Å²) in [5.74, 6) is 1.32. The van der Waals surface area contributed by atoms with Crippen molar-refractivity contribution in [2.75, 3.05) is 5.32 Å². The van der Waals surface area contributed by atoms with Crippen molar-refractivity contribution in [1.29, 1.82) is 0 Å². The van der Waals surface area contributed by atoms with E-state index in [1.165, 1.54) is 0 Å². The second-order valence-electron chi connectivity index (χ2n) is 4.48. The first-order valence-corrected chi connectivity index (χ1v) is 5.64. The van der Waals surface area contributed by atoms with Crippen LogP contribution in [-0.4, -0.2) is 28.2 Å². The first-order valence-electron chi connectivity index (χ1n) is 5.64. The maximum Gasteiger partial charge on any atom is 0.234 e. The zero-order chi connectivity index (χ0) is 11.5. The Bertz CT molecular complexity index is 350. The number of nitrogens with zero attached hydrogens (tertiary/aromatic N) is 2. The van der Waals surface area contributed by atoms with Gasteiger partial charge in [0.1, 0.15) is 5.82 Å². The topological polar surface area (TPSA) is 73.1 Å². The van der Waals surface area contributed by atoms with Crippen LogP contribution < -0.4 is 15.8 Å². The first-order chi connectivity index (χ1) is 7.63. The predicted octanol–water partition coefficient (Wildman–Crippen LogP) is 1.17. The molecule has 1 aromatic heterocycles. The van der Waals surface area contributed by atoms with Crippen molar-refractivity contribution in [2.24, 2.45) is 5.73 Å². The minimum atomic E-state index is 0.113. The van der Waals surface area contributed by atoms with Crippen LogP contribution in [0.2, 0.25) is 0 Å². The monoisotopic (exact) mass is 222 g/mol. The van der Waals surface area contributed by atoms with E-state index in [0.717, 1.165) is 18.7 Å². The highest BCUT2D eigenvalue weighted by atomic mass is 16.5. The standard InChI is InChI=1S/C11H18N4O/c1-7(2)16-11-6-13-5-10(15-11)14-9-3-8(12)4-9/h5-9H,3-4,12H2,1-2H3,(H,14,15). The largest absolute Gasteiger partial charge is 0.474 e. The zero-order valence-corrected chi connectivity index (χ0v) is 9.68. The Morgan fingerprint density at radius 1 is 1.44 bits per heavy atom. The number of ether oxygens (including phenoxy) is 1. The number of hydrogen-bond donors (Lipinski definition) is 2. The summed E-state index contributed by atoms with van der Waals surface area (Å²) in [7, 11) is 0. The zero-order valence-electron chi connectivity index (χ0n) is 9.68. The summed E-state index contributed by atoms with van der Waals surface area (Å²) in [6.07, 6.45) is 5.43. The lowest BCUT2D eigenvalue weighted by Crippen LogP contribution is -2.44. The van der Waals surface area contributed by atoms with Crippen molar-refractivity contribution >= 4 is 5.82 Å². The van der Waals surface area contributed by atoms with E-state index < -0.39 is 0 Å². The first kappa shape index (κ1) is 11.1. The Hall–Kier alpha value is -1.36. The normalized spacial score (nSPS) is 24.0. The van der Waals surface area contributed by atoms with Crippen molar-refractivity contribution in [3.63, 3.8) is 0 Å². The second kappa shape index (κ2) is 4.65. The lowest BCUT2D eigenvalue weighted by Gasteiger charge is -2.33. The molecule has 0 aliphatic heterocycles. The average molecular weight is 222 g/mol. The molecule has 1 aliphatic carbocycles. The second-order valence-corrected chi connectivity index (χ2v) is 4.48. The fourth-order valence-electron chi connectivity index (χ4n) is 1.70. The van der Waals surface area contributed by atoms with E-state index in [1.807, 2.05) is 13.8 Å². The van der Waals surface area contributed by atoms with E-state index in [1.54, 1.807) is 12.4 Å². The summed E-state index contributed by atoms with van der Waals surface area (Å²) in [5.41, 5.74) is 5.72. The maximum atomic E-state index is 5.72. The molecule has 3 N–H and O–H groups in total. The van der Waals surface area contributed by atoms with Crippen LogP contribution in [0.15, 0.2) is 12.4 Å². The van der Waals surface area contributed by atoms with E-state index >= 15 is 0 Å². The van der Waals surface area contributed by atoms with Gasteiger partial charge in [0.2, 0.25) is 5.88 Å². The van der Waals surface area contributed by atoms with E-state index in [2.05, 4.69) is 15.3 Å². The highest BCUT2D eigenvalue weighted by molar-refractivity contribution is 5.35. The predicted molar refractivity (Wildman–Crippen MR) is 62.4 cm³/mol. The Morgan fingerprint density at radius 3 is 2.81 bits per heavy atom. The van der Waals surface area contributed by atoms with Gasteiger partial charge >= 0.3 is 0 Å². The van der Waals surface area contributed by atoms with Crippen LogP contribution in [0.1, 0.15) is 26.7 Å². The Morgan fingerprint density at radius 2 is 2.19 bits per heavy atom. The summed E-state index contributed by atoms with van der Waals surface area (Å²) in [4.78, 5) is 8.41. The third kappa shape index (κ3) is 2.82. The van der Waals surface area contributed by atoms with Crippen LogP contribution in [0.25, 0.3) is 0 Å². The number of aromatic nitrogens is 2. The number of nitrogens with one attached hydrogen (secondary N) is 1. The molecule has 1 aromatic rings. The third-order valence-electron chi connectivity index (χ3n) is 2.50. The SMILES string of the molecule is CC(C)Oc1cncc(NC2CC(N)C2)n1. The molecule has 0 amide bonds. The summed E-state index contributed by atoms with van der Waals surface area (Å²) in [5, 5.41) is 3.29. The van der Waals surface area contributed by atoms with Crippen LogP contribution in [0.5, 0.6) is 5.88 Å². The van der Waals surface area contributed by atoms with Crippen molar-refractivity contribution in [1.82, 2.24) is 9.97 Å².